The maximum Gasteiger partial charge on any atom is -0.0326 e. The molecular formula is C13H22. The first-order valence-electron chi connectivity index (χ1n) is 6.24. The fourth-order valence-electron chi connectivity index (χ4n) is 4.53. The molecule has 3 saturated carbocycles. The van der Waals surface area contributed by atoms with Gasteiger partial charge in [-0.25, -0.2) is 0 Å². The maximum absolute atomic E-state index is 2.48. The van der Waals surface area contributed by atoms with Crippen molar-refractivity contribution in [3.63, 3.8) is 0 Å². The van der Waals surface area contributed by atoms with Crippen LogP contribution in [0.3, 0.4) is 0 Å². The predicted molar refractivity (Wildman–Crippen MR) is 55.3 cm³/mol. The zero-order valence-electron chi connectivity index (χ0n) is 9.16. The van der Waals surface area contributed by atoms with E-state index in [1.165, 1.54) is 6.42 Å². The highest BCUT2D eigenvalue weighted by atomic mass is 14.6. The van der Waals surface area contributed by atoms with Gasteiger partial charge in [0.2, 0.25) is 0 Å². The van der Waals surface area contributed by atoms with Crippen LogP contribution in [0, 0.1) is 41.4 Å². The van der Waals surface area contributed by atoms with Crippen LogP contribution in [0.15, 0.2) is 0 Å². The van der Waals surface area contributed by atoms with Crippen molar-refractivity contribution < 1.29 is 0 Å². The van der Waals surface area contributed by atoms with Crippen LogP contribution in [-0.4, -0.2) is 0 Å². The van der Waals surface area contributed by atoms with Crippen LogP contribution in [0.5, 0.6) is 0 Å². The molecule has 0 aromatic carbocycles. The average molecular weight is 178 g/mol. The number of hydrogen-bond acceptors (Lipinski definition) is 0. The van der Waals surface area contributed by atoms with Crippen LogP contribution in [-0.2, 0) is 0 Å². The third-order valence-corrected chi connectivity index (χ3v) is 5.56. The largest absolute Gasteiger partial charge is 0.0651 e. The first-order valence-corrected chi connectivity index (χ1v) is 6.24. The zero-order chi connectivity index (χ0) is 9.16. The van der Waals surface area contributed by atoms with Crippen LogP contribution in [0.4, 0.5) is 0 Å². The third-order valence-electron chi connectivity index (χ3n) is 5.56. The fourth-order valence-corrected chi connectivity index (χ4v) is 4.53. The Balaban J connectivity index is 1.59. The summed E-state index contributed by atoms with van der Waals surface area (Å²) in [7, 11) is 0. The van der Waals surface area contributed by atoms with Gasteiger partial charge >= 0.3 is 0 Å². The van der Waals surface area contributed by atoms with Crippen LogP contribution in [0.2, 0.25) is 0 Å². The minimum atomic E-state index is 1.07. The van der Waals surface area contributed by atoms with Crippen molar-refractivity contribution in [1.82, 2.24) is 0 Å². The molecule has 0 nitrogen and oxygen atoms in total. The molecule has 0 amide bonds. The highest BCUT2D eigenvalue weighted by molar-refractivity contribution is 5.08. The molecule has 3 aliphatic rings. The summed E-state index contributed by atoms with van der Waals surface area (Å²) in [6.07, 6.45) is 4.63. The molecule has 0 aromatic rings. The zero-order valence-corrected chi connectivity index (χ0v) is 9.16. The van der Waals surface area contributed by atoms with E-state index in [1.54, 1.807) is 12.8 Å². The Bertz CT molecular complexity index is 208. The standard InChI is InChI=1S/C13H22/c1-4-10-8(3)13(10)9-5-11-7(2)12(11)6-9/h7-13H,4-6H2,1-3H3. The van der Waals surface area contributed by atoms with Crippen LogP contribution < -0.4 is 0 Å². The van der Waals surface area contributed by atoms with Crippen molar-refractivity contribution >= 4 is 0 Å². The smallest absolute Gasteiger partial charge is 0.0326 e. The molecule has 0 N–H and O–H groups in total. The van der Waals surface area contributed by atoms with Crippen LogP contribution in [0.1, 0.15) is 40.0 Å². The molecule has 0 aromatic heterocycles. The molecule has 0 heteroatoms. The van der Waals surface area contributed by atoms with Crippen molar-refractivity contribution in [3.05, 3.63) is 0 Å². The topological polar surface area (TPSA) is 0 Å². The summed E-state index contributed by atoms with van der Waals surface area (Å²) in [5.74, 6) is 7.90. The Morgan fingerprint density at radius 3 is 2.08 bits per heavy atom. The number of rotatable bonds is 2. The highest BCUT2D eigenvalue weighted by Gasteiger charge is 2.59. The van der Waals surface area contributed by atoms with E-state index in [1.807, 2.05) is 0 Å². The Hall–Kier alpha value is 0. The van der Waals surface area contributed by atoms with E-state index in [2.05, 4.69) is 20.8 Å². The molecule has 0 heterocycles. The molecule has 0 saturated heterocycles. The van der Waals surface area contributed by atoms with Crippen molar-refractivity contribution in [3.8, 4) is 0 Å². The minimum absolute atomic E-state index is 1.07. The van der Waals surface area contributed by atoms with Crippen molar-refractivity contribution in [2.75, 3.05) is 0 Å². The fraction of sp³-hybridized carbons (Fsp3) is 1.00. The second kappa shape index (κ2) is 2.52. The Labute approximate surface area is 82.1 Å². The summed E-state index contributed by atoms with van der Waals surface area (Å²) >= 11 is 0. The summed E-state index contributed by atoms with van der Waals surface area (Å²) in [6, 6.07) is 0. The monoisotopic (exact) mass is 178 g/mol. The summed E-state index contributed by atoms with van der Waals surface area (Å²) in [4.78, 5) is 0. The van der Waals surface area contributed by atoms with Gasteiger partial charge in [-0.05, 0) is 54.3 Å². The van der Waals surface area contributed by atoms with E-state index >= 15 is 0 Å². The highest BCUT2D eigenvalue weighted by Crippen LogP contribution is 2.66. The third kappa shape index (κ3) is 1.04. The van der Waals surface area contributed by atoms with Gasteiger partial charge in [-0.2, -0.15) is 0 Å². The molecule has 0 radical (unpaired) electrons. The average Bonchev–Trinajstić information content (AvgIpc) is 2.86. The lowest BCUT2D eigenvalue weighted by atomic mass is 9.93. The lowest BCUT2D eigenvalue weighted by Gasteiger charge is -2.12. The molecule has 3 rings (SSSR count). The van der Waals surface area contributed by atoms with E-state index in [0.29, 0.717) is 0 Å². The number of hydrogen-bond donors (Lipinski definition) is 0. The van der Waals surface area contributed by atoms with Crippen molar-refractivity contribution in [1.29, 1.82) is 0 Å². The second-order valence-electron chi connectivity index (χ2n) is 5.93. The summed E-state index contributed by atoms with van der Waals surface area (Å²) < 4.78 is 0. The van der Waals surface area contributed by atoms with Gasteiger partial charge in [0.25, 0.3) is 0 Å². The molecule has 0 aliphatic heterocycles. The molecule has 3 aliphatic carbocycles. The lowest BCUT2D eigenvalue weighted by Crippen LogP contribution is -2.04. The lowest BCUT2D eigenvalue weighted by molar-refractivity contribution is 0.374. The van der Waals surface area contributed by atoms with E-state index in [9.17, 15) is 0 Å². The Kier molecular flexibility index (Phi) is 1.61. The summed E-state index contributed by atoms with van der Waals surface area (Å²) in [5.41, 5.74) is 0. The van der Waals surface area contributed by atoms with Gasteiger partial charge in [0.1, 0.15) is 0 Å². The molecule has 0 bridgehead atoms. The maximum atomic E-state index is 2.48. The van der Waals surface area contributed by atoms with Gasteiger partial charge < -0.3 is 0 Å². The molecular weight excluding hydrogens is 156 g/mol. The predicted octanol–water partition coefficient (Wildman–Crippen LogP) is 3.57. The molecule has 3 fully saturated rings. The van der Waals surface area contributed by atoms with Crippen LogP contribution in [0.25, 0.3) is 0 Å². The minimum Gasteiger partial charge on any atom is -0.0651 e. The van der Waals surface area contributed by atoms with Gasteiger partial charge in [0.05, 0.1) is 0 Å². The molecule has 13 heavy (non-hydrogen) atoms. The molecule has 5 atom stereocenters. The van der Waals surface area contributed by atoms with Gasteiger partial charge in [-0.3, -0.25) is 0 Å². The second-order valence-corrected chi connectivity index (χ2v) is 5.93. The molecule has 5 unspecified atom stereocenters. The normalized spacial score (nSPS) is 63.5. The van der Waals surface area contributed by atoms with E-state index in [0.717, 1.165) is 41.4 Å². The first-order chi connectivity index (χ1) is 6.24. The van der Waals surface area contributed by atoms with Gasteiger partial charge in [0.15, 0.2) is 0 Å². The van der Waals surface area contributed by atoms with E-state index < -0.39 is 0 Å². The van der Waals surface area contributed by atoms with Gasteiger partial charge in [-0.15, -0.1) is 0 Å². The van der Waals surface area contributed by atoms with Gasteiger partial charge in [-0.1, -0.05) is 27.2 Å². The van der Waals surface area contributed by atoms with Gasteiger partial charge in [0, 0.05) is 0 Å². The van der Waals surface area contributed by atoms with Crippen molar-refractivity contribution in [2.24, 2.45) is 41.4 Å². The SMILES string of the molecule is CCC1C(C)C1C1CC2C(C)C2C1. The first kappa shape index (κ1) is 8.32. The summed E-state index contributed by atoms with van der Waals surface area (Å²) in [5, 5.41) is 0. The Morgan fingerprint density at radius 1 is 1.00 bits per heavy atom. The molecule has 74 valence electrons. The van der Waals surface area contributed by atoms with E-state index in [-0.39, 0.29) is 0 Å². The number of fused-ring (bicyclic) bond motifs is 1. The van der Waals surface area contributed by atoms with Crippen molar-refractivity contribution in [2.45, 2.75) is 40.0 Å². The Morgan fingerprint density at radius 2 is 1.62 bits per heavy atom. The quantitative estimate of drug-likeness (QED) is 0.606. The van der Waals surface area contributed by atoms with Crippen LogP contribution >= 0.6 is 0 Å². The van der Waals surface area contributed by atoms with E-state index in [4.69, 9.17) is 0 Å². The summed E-state index contributed by atoms with van der Waals surface area (Å²) in [6.45, 7) is 7.31. The molecule has 0 spiro atoms.